The number of carbonyl (C=O) groups excluding carboxylic acids is 1. The molecule has 3 heterocycles. The van der Waals surface area contributed by atoms with Gasteiger partial charge in [0.15, 0.2) is 14.6 Å². The van der Waals surface area contributed by atoms with Gasteiger partial charge in [-0.15, -0.1) is 11.3 Å². The van der Waals surface area contributed by atoms with Crippen LogP contribution in [0.4, 0.5) is 0 Å². The maximum absolute atomic E-state index is 12.6. The van der Waals surface area contributed by atoms with Crippen LogP contribution in [0, 0.1) is 0 Å². The Labute approximate surface area is 144 Å². The Morgan fingerprint density at radius 2 is 2.21 bits per heavy atom. The van der Waals surface area contributed by atoms with Gasteiger partial charge in [-0.05, 0) is 37.4 Å². The fourth-order valence-corrected chi connectivity index (χ4v) is 4.84. The van der Waals surface area contributed by atoms with Crippen molar-refractivity contribution in [2.75, 3.05) is 19.3 Å². The Balaban J connectivity index is 1.70. The maximum Gasteiger partial charge on any atom is 0.241 e. The summed E-state index contributed by atoms with van der Waals surface area (Å²) >= 11 is 1.51. The van der Waals surface area contributed by atoms with Crippen molar-refractivity contribution < 1.29 is 17.6 Å². The monoisotopic (exact) mass is 369 g/mol. The molecule has 24 heavy (non-hydrogen) atoms. The molecule has 1 aliphatic heterocycles. The van der Waals surface area contributed by atoms with Gasteiger partial charge in [0, 0.05) is 6.26 Å². The second-order valence-electron chi connectivity index (χ2n) is 5.82. The van der Waals surface area contributed by atoms with Crippen molar-refractivity contribution in [2.45, 2.75) is 24.1 Å². The molecule has 0 radical (unpaired) electrons. The Hall–Kier alpha value is -1.71. The molecule has 0 saturated carbocycles. The molecule has 0 bridgehead atoms. The van der Waals surface area contributed by atoms with Crippen LogP contribution in [0.15, 0.2) is 28.2 Å². The molecule has 0 aromatic carbocycles. The number of aromatic nitrogens is 1. The van der Waals surface area contributed by atoms with E-state index in [9.17, 15) is 13.2 Å². The molecule has 3 rings (SSSR count). The molecule has 130 valence electrons. The standard InChI is InChI=1S/C15H19N3O4S2/c1-24(20,21)15(4-6-16-7-5-15)14(19)17-9-11-10-22-13(18-11)12-3-2-8-23-12/h2-3,8,10,16H,4-7,9H2,1H3,(H,17,19). The number of piperidine rings is 1. The SMILES string of the molecule is CS(=O)(=O)C1(C(=O)NCc2coc(-c3cccs3)n2)CCNCC1. The fraction of sp³-hybridized carbons (Fsp3) is 0.467. The van der Waals surface area contributed by atoms with Crippen LogP contribution < -0.4 is 10.6 Å². The number of thiophene rings is 1. The van der Waals surface area contributed by atoms with E-state index >= 15 is 0 Å². The van der Waals surface area contributed by atoms with Crippen molar-refractivity contribution in [3.63, 3.8) is 0 Å². The first-order chi connectivity index (χ1) is 11.4. The lowest BCUT2D eigenvalue weighted by molar-refractivity contribution is -0.124. The first-order valence-corrected chi connectivity index (χ1v) is 10.4. The zero-order valence-corrected chi connectivity index (χ0v) is 14.9. The van der Waals surface area contributed by atoms with E-state index in [1.54, 1.807) is 0 Å². The third kappa shape index (κ3) is 3.24. The van der Waals surface area contributed by atoms with Crippen molar-refractivity contribution in [1.29, 1.82) is 0 Å². The summed E-state index contributed by atoms with van der Waals surface area (Å²) in [6.07, 6.45) is 3.15. The summed E-state index contributed by atoms with van der Waals surface area (Å²) in [7, 11) is -3.52. The van der Waals surface area contributed by atoms with E-state index in [-0.39, 0.29) is 19.4 Å². The lowest BCUT2D eigenvalue weighted by Gasteiger charge is -2.34. The molecule has 9 heteroatoms. The van der Waals surface area contributed by atoms with Gasteiger partial charge >= 0.3 is 0 Å². The van der Waals surface area contributed by atoms with Crippen molar-refractivity contribution >= 4 is 27.1 Å². The number of nitrogens with zero attached hydrogens (tertiary/aromatic N) is 1. The van der Waals surface area contributed by atoms with Gasteiger partial charge in [-0.3, -0.25) is 4.79 Å². The van der Waals surface area contributed by atoms with Crippen LogP contribution in [0.2, 0.25) is 0 Å². The predicted octanol–water partition coefficient (Wildman–Crippen LogP) is 1.19. The number of rotatable bonds is 5. The summed E-state index contributed by atoms with van der Waals surface area (Å²) in [5.74, 6) is 0.0288. The molecule has 0 atom stereocenters. The molecular formula is C15H19N3O4S2. The Bertz CT molecular complexity index is 806. The number of amides is 1. The van der Waals surface area contributed by atoms with Crippen LogP contribution in [0.5, 0.6) is 0 Å². The summed E-state index contributed by atoms with van der Waals surface area (Å²) in [6, 6.07) is 3.80. The third-order valence-corrected chi connectivity index (χ3v) is 7.12. The Morgan fingerprint density at radius 1 is 1.46 bits per heavy atom. The van der Waals surface area contributed by atoms with Gasteiger partial charge in [0.1, 0.15) is 6.26 Å². The van der Waals surface area contributed by atoms with E-state index in [0.29, 0.717) is 24.7 Å². The van der Waals surface area contributed by atoms with Gasteiger partial charge in [0.05, 0.1) is 17.1 Å². The second-order valence-corrected chi connectivity index (χ2v) is 9.09. The largest absolute Gasteiger partial charge is 0.443 e. The second kappa shape index (κ2) is 6.66. The van der Waals surface area contributed by atoms with Crippen LogP contribution in [-0.4, -0.2) is 43.4 Å². The van der Waals surface area contributed by atoms with Crippen molar-refractivity contribution in [2.24, 2.45) is 0 Å². The molecule has 2 aromatic heterocycles. The number of oxazole rings is 1. The summed E-state index contributed by atoms with van der Waals surface area (Å²) < 4.78 is 28.4. The Kier molecular flexibility index (Phi) is 4.75. The van der Waals surface area contributed by atoms with E-state index < -0.39 is 20.5 Å². The molecule has 1 fully saturated rings. The van der Waals surface area contributed by atoms with Crippen LogP contribution in [0.1, 0.15) is 18.5 Å². The van der Waals surface area contributed by atoms with Gasteiger partial charge in [0.2, 0.25) is 11.8 Å². The van der Waals surface area contributed by atoms with E-state index in [0.717, 1.165) is 11.1 Å². The zero-order chi connectivity index (χ0) is 17.2. The normalized spacial score (nSPS) is 17.5. The molecule has 1 saturated heterocycles. The van der Waals surface area contributed by atoms with Crippen LogP contribution >= 0.6 is 11.3 Å². The predicted molar refractivity (Wildman–Crippen MR) is 91.3 cm³/mol. The van der Waals surface area contributed by atoms with Crippen molar-refractivity contribution in [3.8, 4) is 10.8 Å². The zero-order valence-electron chi connectivity index (χ0n) is 13.2. The molecule has 0 spiro atoms. The van der Waals surface area contributed by atoms with Crippen molar-refractivity contribution in [3.05, 3.63) is 29.5 Å². The molecule has 0 aliphatic carbocycles. The van der Waals surface area contributed by atoms with E-state index in [2.05, 4.69) is 15.6 Å². The van der Waals surface area contributed by atoms with Gasteiger partial charge in [0.25, 0.3) is 0 Å². The topological polar surface area (TPSA) is 101 Å². The van der Waals surface area contributed by atoms with Gasteiger partial charge in [-0.1, -0.05) is 6.07 Å². The summed E-state index contributed by atoms with van der Waals surface area (Å²) in [5, 5.41) is 7.72. The number of hydrogen-bond donors (Lipinski definition) is 2. The third-order valence-electron chi connectivity index (χ3n) is 4.25. The van der Waals surface area contributed by atoms with Crippen LogP contribution in [-0.2, 0) is 21.2 Å². The molecule has 2 aromatic rings. The smallest absolute Gasteiger partial charge is 0.241 e. The maximum atomic E-state index is 12.6. The number of hydrogen-bond acceptors (Lipinski definition) is 7. The Morgan fingerprint density at radius 3 is 2.83 bits per heavy atom. The molecule has 1 aliphatic rings. The lowest BCUT2D eigenvalue weighted by atomic mass is 9.96. The molecule has 2 N–H and O–H groups in total. The lowest BCUT2D eigenvalue weighted by Crippen LogP contribution is -2.57. The summed E-state index contributed by atoms with van der Waals surface area (Å²) in [5.41, 5.74) is 0.560. The van der Waals surface area contributed by atoms with Gasteiger partial charge < -0.3 is 15.1 Å². The average molecular weight is 369 g/mol. The van der Waals surface area contributed by atoms with E-state index in [1.165, 1.54) is 17.6 Å². The van der Waals surface area contributed by atoms with Crippen molar-refractivity contribution in [1.82, 2.24) is 15.6 Å². The highest BCUT2D eigenvalue weighted by molar-refractivity contribution is 7.92. The summed E-state index contributed by atoms with van der Waals surface area (Å²) in [4.78, 5) is 17.8. The first kappa shape index (κ1) is 17.1. The average Bonchev–Trinajstić information content (AvgIpc) is 3.23. The summed E-state index contributed by atoms with van der Waals surface area (Å²) in [6.45, 7) is 1.15. The first-order valence-electron chi connectivity index (χ1n) is 7.59. The van der Waals surface area contributed by atoms with Gasteiger partial charge in [-0.2, -0.15) is 0 Å². The van der Waals surface area contributed by atoms with E-state index in [1.807, 2.05) is 17.5 Å². The number of nitrogens with one attached hydrogen (secondary N) is 2. The minimum absolute atomic E-state index is 0.137. The minimum atomic E-state index is -3.52. The fourth-order valence-electron chi connectivity index (χ4n) is 2.83. The van der Waals surface area contributed by atoms with E-state index in [4.69, 9.17) is 4.42 Å². The molecule has 1 amide bonds. The highest BCUT2D eigenvalue weighted by Crippen LogP contribution is 2.28. The van der Waals surface area contributed by atoms with Crippen LogP contribution in [0.25, 0.3) is 10.8 Å². The molecule has 7 nitrogen and oxygen atoms in total. The molecule has 0 unspecified atom stereocenters. The van der Waals surface area contributed by atoms with Crippen LogP contribution in [0.3, 0.4) is 0 Å². The quantitative estimate of drug-likeness (QED) is 0.821. The number of carbonyl (C=O) groups is 1. The minimum Gasteiger partial charge on any atom is -0.443 e. The number of sulfone groups is 1. The molecular weight excluding hydrogens is 350 g/mol. The van der Waals surface area contributed by atoms with Gasteiger partial charge in [-0.25, -0.2) is 13.4 Å². The highest BCUT2D eigenvalue weighted by atomic mass is 32.2. The highest BCUT2D eigenvalue weighted by Gasteiger charge is 2.48.